The lowest BCUT2D eigenvalue weighted by atomic mass is 10.1. The van der Waals surface area contributed by atoms with Gasteiger partial charge >= 0.3 is 0 Å². The van der Waals surface area contributed by atoms with Crippen LogP contribution in [0.15, 0.2) is 59.5 Å². The number of aryl methyl sites for hydroxylation is 1. The predicted octanol–water partition coefficient (Wildman–Crippen LogP) is 4.27. The van der Waals surface area contributed by atoms with E-state index >= 15 is 0 Å². The minimum absolute atomic E-state index is 0.114. The summed E-state index contributed by atoms with van der Waals surface area (Å²) in [6, 6.07) is 16.4. The Hall–Kier alpha value is -0.880. The quantitative estimate of drug-likeness (QED) is 0.693. The molecule has 0 radical (unpaired) electrons. The van der Waals surface area contributed by atoms with Gasteiger partial charge < -0.3 is 0 Å². The molecule has 0 unspecified atom stereocenters. The molecule has 0 bridgehead atoms. The van der Waals surface area contributed by atoms with Gasteiger partial charge in [-0.15, -0.1) is 3.33 Å². The van der Waals surface area contributed by atoms with Crippen molar-refractivity contribution in [2.24, 2.45) is 0 Å². The fourth-order valence-electron chi connectivity index (χ4n) is 1.93. The van der Waals surface area contributed by atoms with Gasteiger partial charge in [-0.05, 0) is 30.5 Å². The predicted molar refractivity (Wildman–Crippen MR) is 89.0 cm³/mol. The van der Waals surface area contributed by atoms with Gasteiger partial charge in [0.05, 0.1) is 5.02 Å². The van der Waals surface area contributed by atoms with Crippen LogP contribution in [0.5, 0.6) is 0 Å². The van der Waals surface area contributed by atoms with Crippen LogP contribution in [0, 0.1) is 0 Å². The van der Waals surface area contributed by atoms with Gasteiger partial charge in [0.2, 0.25) is 0 Å². The van der Waals surface area contributed by atoms with E-state index in [4.69, 9.17) is 11.6 Å². The molecule has 6 heteroatoms. The summed E-state index contributed by atoms with van der Waals surface area (Å²) >= 11 is 9.09. The van der Waals surface area contributed by atoms with Gasteiger partial charge in [-0.25, -0.2) is 8.42 Å². The fourth-order valence-corrected chi connectivity index (χ4v) is 4.23. The van der Waals surface area contributed by atoms with Crippen LogP contribution in [0.1, 0.15) is 12.0 Å². The van der Waals surface area contributed by atoms with E-state index in [9.17, 15) is 8.42 Å². The molecule has 0 saturated heterocycles. The Labute approximate surface area is 138 Å². The lowest BCUT2D eigenvalue weighted by molar-refractivity contribution is 0.540. The number of hydrogen-bond donors (Lipinski definition) is 0. The summed E-state index contributed by atoms with van der Waals surface area (Å²) in [6.07, 6.45) is 1.54. The Morgan fingerprint density at radius 2 is 1.62 bits per heavy atom. The van der Waals surface area contributed by atoms with Crippen LogP contribution in [0.4, 0.5) is 0 Å². The molecule has 0 saturated carbocycles. The number of nitrogens with zero attached hydrogens (tertiary/aromatic N) is 1. The maximum absolute atomic E-state index is 12.4. The smallest absolute Gasteiger partial charge is 0.206 e. The molecule has 2 aromatic carbocycles. The lowest BCUT2D eigenvalue weighted by Gasteiger charge is -2.15. The van der Waals surface area contributed by atoms with E-state index in [1.54, 1.807) is 18.2 Å². The second-order valence-electron chi connectivity index (χ2n) is 4.54. The Morgan fingerprint density at radius 1 is 1.00 bits per heavy atom. The zero-order valence-corrected chi connectivity index (χ0v) is 14.4. The summed E-state index contributed by atoms with van der Waals surface area (Å²) in [5.74, 6) is 0. The van der Waals surface area contributed by atoms with Crippen LogP contribution >= 0.6 is 27.7 Å². The number of hydrogen-bond acceptors (Lipinski definition) is 2. The lowest BCUT2D eigenvalue weighted by Crippen LogP contribution is -2.23. The van der Waals surface area contributed by atoms with Crippen LogP contribution in [-0.4, -0.2) is 18.3 Å². The molecule has 2 aromatic rings. The summed E-state index contributed by atoms with van der Waals surface area (Å²) in [5, 5.41) is 0.227. The third-order valence-electron chi connectivity index (χ3n) is 3.02. The Kier molecular flexibility index (Phi) is 5.81. The number of rotatable bonds is 6. The first-order valence-corrected chi connectivity index (χ1v) is 9.01. The summed E-state index contributed by atoms with van der Waals surface area (Å²) in [5.41, 5.74) is 1.19. The highest BCUT2D eigenvalue weighted by Crippen LogP contribution is 2.26. The van der Waals surface area contributed by atoms with Gasteiger partial charge in [-0.2, -0.15) is 0 Å². The zero-order valence-electron chi connectivity index (χ0n) is 11.2. The average molecular weight is 389 g/mol. The van der Waals surface area contributed by atoms with Crippen LogP contribution < -0.4 is 0 Å². The molecule has 112 valence electrons. The maximum Gasteiger partial charge on any atom is 0.254 e. The van der Waals surface area contributed by atoms with Gasteiger partial charge in [-0.3, -0.25) is 0 Å². The molecule has 21 heavy (non-hydrogen) atoms. The molecular formula is C15H15BrClNO2S. The Balaban J connectivity index is 2.00. The third kappa shape index (κ3) is 4.30. The zero-order chi connectivity index (χ0) is 15.3. The largest absolute Gasteiger partial charge is 0.254 e. The molecule has 0 aliphatic carbocycles. The first kappa shape index (κ1) is 16.5. The van der Waals surface area contributed by atoms with Crippen LogP contribution in [0.25, 0.3) is 0 Å². The molecule has 0 aliphatic rings. The molecule has 2 rings (SSSR count). The van der Waals surface area contributed by atoms with Crippen molar-refractivity contribution in [3.63, 3.8) is 0 Å². The Morgan fingerprint density at radius 3 is 2.29 bits per heavy atom. The number of sulfonamides is 1. The highest BCUT2D eigenvalue weighted by molar-refractivity contribution is 9.08. The molecule has 0 aromatic heterocycles. The molecule has 0 spiro atoms. The van der Waals surface area contributed by atoms with Crippen molar-refractivity contribution in [3.05, 3.63) is 65.2 Å². The van der Waals surface area contributed by atoms with Crippen molar-refractivity contribution in [2.45, 2.75) is 17.7 Å². The third-order valence-corrected chi connectivity index (χ3v) is 6.57. The molecule has 0 heterocycles. The highest BCUT2D eigenvalue weighted by Gasteiger charge is 2.24. The number of benzene rings is 2. The van der Waals surface area contributed by atoms with Crippen LogP contribution in [0.3, 0.4) is 0 Å². The summed E-state index contributed by atoms with van der Waals surface area (Å²) in [4.78, 5) is 0.114. The van der Waals surface area contributed by atoms with Gasteiger partial charge in [-0.1, -0.05) is 54.1 Å². The van der Waals surface area contributed by atoms with Crippen molar-refractivity contribution in [3.8, 4) is 0 Å². The van der Waals surface area contributed by atoms with Gasteiger partial charge in [0.1, 0.15) is 4.90 Å². The standard InChI is InChI=1S/C15H15BrClNO2S/c16-18(12-6-9-13-7-2-1-3-8-13)21(19,20)15-11-5-4-10-14(15)17/h1-5,7-8,10-11H,6,9,12H2. The van der Waals surface area contributed by atoms with E-state index in [1.165, 1.54) is 15.0 Å². The molecule has 0 fully saturated rings. The molecule has 3 nitrogen and oxygen atoms in total. The van der Waals surface area contributed by atoms with Crippen molar-refractivity contribution < 1.29 is 8.42 Å². The van der Waals surface area contributed by atoms with Gasteiger partial charge in [0.25, 0.3) is 10.0 Å². The van der Waals surface area contributed by atoms with Crippen molar-refractivity contribution in [1.82, 2.24) is 3.33 Å². The van der Waals surface area contributed by atoms with E-state index in [1.807, 2.05) is 30.3 Å². The minimum atomic E-state index is -3.61. The van der Waals surface area contributed by atoms with E-state index < -0.39 is 10.0 Å². The molecular weight excluding hydrogens is 374 g/mol. The summed E-state index contributed by atoms with van der Waals surface area (Å²) < 4.78 is 26.0. The number of halogens is 2. The molecule has 0 N–H and O–H groups in total. The van der Waals surface area contributed by atoms with Gasteiger partial charge in [0, 0.05) is 22.7 Å². The highest BCUT2D eigenvalue weighted by atomic mass is 79.9. The van der Waals surface area contributed by atoms with E-state index in [2.05, 4.69) is 16.1 Å². The molecule has 0 aliphatic heterocycles. The second-order valence-corrected chi connectivity index (χ2v) is 8.10. The first-order valence-electron chi connectivity index (χ1n) is 6.49. The normalized spacial score (nSPS) is 11.8. The SMILES string of the molecule is O=S(=O)(c1ccccc1Cl)N(Br)CCCc1ccccc1. The molecule has 0 atom stereocenters. The van der Waals surface area contributed by atoms with Gasteiger partial charge in [0.15, 0.2) is 0 Å². The fraction of sp³-hybridized carbons (Fsp3) is 0.200. The monoisotopic (exact) mass is 387 g/mol. The second kappa shape index (κ2) is 7.40. The van der Waals surface area contributed by atoms with E-state index in [-0.39, 0.29) is 9.92 Å². The maximum atomic E-state index is 12.4. The summed E-state index contributed by atoms with van der Waals surface area (Å²) in [7, 11) is -3.61. The van der Waals surface area contributed by atoms with E-state index in [0.29, 0.717) is 6.54 Å². The van der Waals surface area contributed by atoms with Crippen molar-refractivity contribution >= 4 is 37.8 Å². The van der Waals surface area contributed by atoms with Crippen LogP contribution in [0.2, 0.25) is 5.02 Å². The summed E-state index contributed by atoms with van der Waals surface area (Å²) in [6.45, 7) is 0.377. The van der Waals surface area contributed by atoms with Crippen molar-refractivity contribution in [1.29, 1.82) is 0 Å². The molecule has 0 amide bonds. The topological polar surface area (TPSA) is 37.4 Å². The average Bonchev–Trinajstić information content (AvgIpc) is 2.48. The Bertz CT molecular complexity index is 692. The van der Waals surface area contributed by atoms with E-state index in [0.717, 1.165) is 12.8 Å². The minimum Gasteiger partial charge on any atom is -0.206 e. The first-order chi connectivity index (χ1) is 10.0. The van der Waals surface area contributed by atoms with Crippen LogP contribution in [-0.2, 0) is 16.4 Å². The van der Waals surface area contributed by atoms with Crippen molar-refractivity contribution in [2.75, 3.05) is 6.54 Å².